The molecule has 6 aliphatic rings. The summed E-state index contributed by atoms with van der Waals surface area (Å²) in [4.78, 5) is 2.34. The van der Waals surface area contributed by atoms with Crippen molar-refractivity contribution >= 4 is 22.5 Å². The van der Waals surface area contributed by atoms with Gasteiger partial charge in [-0.1, -0.05) is 55.0 Å². The average molecular weight is 722 g/mol. The highest BCUT2D eigenvalue weighted by Crippen LogP contribution is 2.69. The lowest BCUT2D eigenvalue weighted by Gasteiger charge is -2.41. The summed E-state index contributed by atoms with van der Waals surface area (Å²) in [5, 5.41) is 12.1. The summed E-state index contributed by atoms with van der Waals surface area (Å²) in [6.07, 6.45) is 8.82. The van der Waals surface area contributed by atoms with Crippen molar-refractivity contribution in [2.75, 3.05) is 52.0 Å². The lowest BCUT2D eigenvalue weighted by Crippen LogP contribution is -2.38. The molecule has 1 spiro atoms. The minimum atomic E-state index is -0.995. The minimum absolute atomic E-state index is 0.0887. The van der Waals surface area contributed by atoms with E-state index in [2.05, 4.69) is 83.8 Å². The number of ether oxygens (including phenoxy) is 6. The second-order valence-corrected chi connectivity index (χ2v) is 15.7. The first-order chi connectivity index (χ1) is 26.5. The summed E-state index contributed by atoms with van der Waals surface area (Å²) in [6.45, 7) is 2.64. The van der Waals surface area contributed by atoms with Crippen molar-refractivity contribution in [1.82, 2.24) is 0 Å². The number of aliphatic hydroxyl groups is 1. The predicted molar refractivity (Wildman–Crippen MR) is 207 cm³/mol. The van der Waals surface area contributed by atoms with E-state index in [0.29, 0.717) is 36.5 Å². The summed E-state index contributed by atoms with van der Waals surface area (Å²) in [5.74, 6) is 4.97. The largest absolute Gasteiger partial charge is 0.497 e. The van der Waals surface area contributed by atoms with E-state index in [1.54, 1.807) is 14.2 Å². The Bertz CT molecular complexity index is 2360. The fourth-order valence-electron chi connectivity index (χ4n) is 10.9. The van der Waals surface area contributed by atoms with Crippen molar-refractivity contribution in [3.63, 3.8) is 0 Å². The molecule has 2 bridgehead atoms. The Labute approximate surface area is 314 Å². The molecule has 2 saturated carbocycles. The van der Waals surface area contributed by atoms with Crippen LogP contribution >= 0.6 is 0 Å². The number of aliphatic hydroxyl groups excluding tert-OH is 1. The molecule has 3 fully saturated rings. The monoisotopic (exact) mass is 721 g/mol. The summed E-state index contributed by atoms with van der Waals surface area (Å²) in [6, 6.07) is 27.9. The molecule has 274 valence electrons. The number of nitrogens with zero attached hydrogens (tertiary/aromatic N) is 1. The molecule has 8 nitrogen and oxygen atoms in total. The van der Waals surface area contributed by atoms with Crippen LogP contribution in [0.15, 0.2) is 84.9 Å². The molecule has 8 heteroatoms. The molecule has 3 aliphatic carbocycles. The van der Waals surface area contributed by atoms with Crippen molar-refractivity contribution in [2.24, 2.45) is 11.8 Å². The normalized spacial score (nSPS) is 26.9. The minimum Gasteiger partial charge on any atom is -0.497 e. The Balaban J connectivity index is 1.19. The van der Waals surface area contributed by atoms with Crippen LogP contribution in [0.4, 0.5) is 5.69 Å². The van der Waals surface area contributed by atoms with E-state index in [-0.39, 0.29) is 12.0 Å². The first-order valence-corrected chi connectivity index (χ1v) is 19.3. The van der Waals surface area contributed by atoms with Gasteiger partial charge in [0.25, 0.3) is 6.29 Å². The molecule has 1 saturated heterocycles. The van der Waals surface area contributed by atoms with E-state index in [1.165, 1.54) is 41.5 Å². The number of hydrogen-bond donors (Lipinski definition) is 1. The third kappa shape index (κ3) is 4.38. The van der Waals surface area contributed by atoms with E-state index in [9.17, 15) is 5.11 Å². The van der Waals surface area contributed by atoms with Gasteiger partial charge in [0.05, 0.1) is 33.1 Å². The van der Waals surface area contributed by atoms with Crippen LogP contribution in [0.3, 0.4) is 0 Å². The topological polar surface area (TPSA) is 78.9 Å². The van der Waals surface area contributed by atoms with Gasteiger partial charge in [0, 0.05) is 40.6 Å². The van der Waals surface area contributed by atoms with Gasteiger partial charge in [0.2, 0.25) is 0 Å². The van der Waals surface area contributed by atoms with Crippen LogP contribution in [0, 0.1) is 11.8 Å². The predicted octanol–water partition coefficient (Wildman–Crippen LogP) is 8.22. The number of morpholine rings is 1. The lowest BCUT2D eigenvalue weighted by molar-refractivity contribution is -0.000747. The Kier molecular flexibility index (Phi) is 7.12. The molecule has 5 aromatic carbocycles. The summed E-state index contributed by atoms with van der Waals surface area (Å²) >= 11 is 0. The molecule has 1 N–H and O–H groups in total. The third-order valence-electron chi connectivity index (χ3n) is 13.2. The lowest BCUT2D eigenvalue weighted by atomic mass is 9.65. The number of fused-ring (bicyclic) bond motifs is 14. The Hall–Kier alpha value is -5.18. The van der Waals surface area contributed by atoms with Gasteiger partial charge in [-0.2, -0.15) is 0 Å². The molecule has 5 unspecified atom stereocenters. The smallest absolute Gasteiger partial charge is 0.264 e. The number of anilines is 1. The zero-order chi connectivity index (χ0) is 36.2. The Morgan fingerprint density at radius 2 is 1.63 bits per heavy atom. The summed E-state index contributed by atoms with van der Waals surface area (Å²) in [7, 11) is 3.42. The van der Waals surface area contributed by atoms with Crippen molar-refractivity contribution in [1.29, 1.82) is 0 Å². The highest BCUT2D eigenvalue weighted by Gasteiger charge is 2.58. The average Bonchev–Trinajstić information content (AvgIpc) is 4.02. The van der Waals surface area contributed by atoms with Crippen molar-refractivity contribution in [2.45, 2.75) is 43.0 Å². The molecule has 11 rings (SSSR count). The second-order valence-electron chi connectivity index (χ2n) is 15.7. The van der Waals surface area contributed by atoms with E-state index >= 15 is 0 Å². The quantitative estimate of drug-likeness (QED) is 0.188. The molecular weight excluding hydrogens is 679 g/mol. The van der Waals surface area contributed by atoms with Gasteiger partial charge in [-0.25, -0.2) is 0 Å². The zero-order valence-electron chi connectivity index (χ0n) is 30.6. The van der Waals surface area contributed by atoms with E-state index < -0.39 is 11.9 Å². The molecule has 54 heavy (non-hydrogen) atoms. The van der Waals surface area contributed by atoms with Crippen molar-refractivity contribution < 1.29 is 33.5 Å². The first-order valence-electron chi connectivity index (χ1n) is 19.3. The van der Waals surface area contributed by atoms with Gasteiger partial charge < -0.3 is 38.4 Å². The maximum absolute atomic E-state index is 10.1. The molecule has 0 radical (unpaired) electrons. The van der Waals surface area contributed by atoms with Gasteiger partial charge >= 0.3 is 0 Å². The van der Waals surface area contributed by atoms with E-state index in [0.717, 1.165) is 69.9 Å². The first kappa shape index (κ1) is 32.3. The zero-order valence-corrected chi connectivity index (χ0v) is 30.6. The highest BCUT2D eigenvalue weighted by molar-refractivity contribution is 6.10. The van der Waals surface area contributed by atoms with Crippen LogP contribution in [-0.4, -0.2) is 58.5 Å². The van der Waals surface area contributed by atoms with Crippen LogP contribution in [0.5, 0.6) is 28.7 Å². The van der Waals surface area contributed by atoms with Crippen LogP contribution in [0.2, 0.25) is 0 Å². The molecule has 5 aromatic rings. The maximum atomic E-state index is 10.1. The molecule has 5 atom stereocenters. The Morgan fingerprint density at radius 3 is 2.35 bits per heavy atom. The third-order valence-corrected chi connectivity index (χ3v) is 13.2. The molecule has 0 amide bonds. The second kappa shape index (κ2) is 11.9. The van der Waals surface area contributed by atoms with Crippen LogP contribution < -0.4 is 28.6 Å². The molecular formula is C46H43NO7. The van der Waals surface area contributed by atoms with Gasteiger partial charge in [0.15, 0.2) is 17.1 Å². The fraction of sp³-hybridized carbons (Fsp3) is 0.348. The number of rotatable bonds is 6. The molecule has 0 aromatic heterocycles. The highest BCUT2D eigenvalue weighted by atomic mass is 16.7. The van der Waals surface area contributed by atoms with Gasteiger partial charge in [-0.3, -0.25) is 0 Å². The van der Waals surface area contributed by atoms with E-state index in [1.807, 2.05) is 12.1 Å². The van der Waals surface area contributed by atoms with Gasteiger partial charge in [0.1, 0.15) is 23.9 Å². The SMILES string of the molecule is COc1ccc(C2(c3ccc(OC)c(N4CCOCC4)c3)C=Cc3c4c(c5cc6c(cc5c3O2)OC(CO)O6)-c2ccccc2C42CC3CCC2C3)cc1. The van der Waals surface area contributed by atoms with Gasteiger partial charge in [-0.05, 0) is 101 Å². The molecule has 3 aliphatic heterocycles. The van der Waals surface area contributed by atoms with Crippen molar-refractivity contribution in [3.05, 3.63) is 113 Å². The van der Waals surface area contributed by atoms with Crippen LogP contribution in [0.1, 0.15) is 53.5 Å². The maximum Gasteiger partial charge on any atom is 0.264 e. The van der Waals surface area contributed by atoms with Crippen LogP contribution in [-0.2, 0) is 15.8 Å². The van der Waals surface area contributed by atoms with E-state index in [4.69, 9.17) is 28.4 Å². The number of hydrogen-bond acceptors (Lipinski definition) is 8. The standard InChI is InChI=1S/C46H43NO7/c1-49-31-12-9-28(10-13-31)46(30-11-14-38(50-2)37(22-30)47-17-19-51-20-18-47)16-15-33-43-42(32-5-3-4-6-36(32)45(43)25-27-7-8-29(45)21-27)34-23-39-40(53-41(26-48)52-39)24-35(34)44(33)54-46/h3-6,9-16,22-24,27,29,41,48H,7-8,17-21,25-26H2,1-2H3. The fourth-order valence-corrected chi connectivity index (χ4v) is 10.9. The number of methoxy groups -OCH3 is 2. The summed E-state index contributed by atoms with van der Waals surface area (Å²) in [5.41, 5.74) is 8.46. The number of benzene rings is 5. The van der Waals surface area contributed by atoms with Gasteiger partial charge in [-0.15, -0.1) is 0 Å². The Morgan fingerprint density at radius 1 is 0.852 bits per heavy atom. The summed E-state index contributed by atoms with van der Waals surface area (Å²) < 4.78 is 37.3. The van der Waals surface area contributed by atoms with Crippen molar-refractivity contribution in [3.8, 4) is 39.9 Å². The molecule has 3 heterocycles. The van der Waals surface area contributed by atoms with Crippen LogP contribution in [0.25, 0.3) is 28.0 Å².